The molecule has 1 saturated heterocycles. The first-order valence-corrected chi connectivity index (χ1v) is 12.5. The molecular formula is C27H32F3N3O2. The van der Waals surface area contributed by atoms with Crippen molar-refractivity contribution in [3.63, 3.8) is 0 Å². The number of nitrogens with one attached hydrogen (secondary N) is 1. The van der Waals surface area contributed by atoms with Gasteiger partial charge in [-0.05, 0) is 67.3 Å². The largest absolute Gasteiger partial charge is 0.497 e. The summed E-state index contributed by atoms with van der Waals surface area (Å²) in [6.07, 6.45) is 2.00. The van der Waals surface area contributed by atoms with E-state index in [2.05, 4.69) is 15.1 Å². The van der Waals surface area contributed by atoms with E-state index < -0.39 is 17.7 Å². The molecule has 0 aromatic heterocycles. The lowest BCUT2D eigenvalue weighted by molar-refractivity contribution is -0.137. The third kappa shape index (κ3) is 4.99. The van der Waals surface area contributed by atoms with Crippen molar-refractivity contribution in [1.82, 2.24) is 4.90 Å². The fraction of sp³-hybridized carbons (Fsp3) is 0.519. The van der Waals surface area contributed by atoms with Crippen LogP contribution in [-0.2, 0) is 17.4 Å². The van der Waals surface area contributed by atoms with Crippen molar-refractivity contribution in [1.29, 1.82) is 0 Å². The van der Waals surface area contributed by atoms with Crippen molar-refractivity contribution < 1.29 is 22.7 Å². The SMILES string of the molecule is COc1ccc(NC(=O)[C@@H]2Cc3cc(C(F)(F)F)ccc3N3CCN(C4CCCCC4)C[C@H]23)cc1. The number of rotatable bonds is 4. The minimum Gasteiger partial charge on any atom is -0.497 e. The second kappa shape index (κ2) is 9.72. The number of carbonyl (C=O) groups is 1. The van der Waals surface area contributed by atoms with Gasteiger partial charge in [0.15, 0.2) is 0 Å². The summed E-state index contributed by atoms with van der Waals surface area (Å²) in [5, 5.41) is 3.00. The van der Waals surface area contributed by atoms with E-state index in [1.807, 2.05) is 0 Å². The van der Waals surface area contributed by atoms with E-state index in [9.17, 15) is 18.0 Å². The van der Waals surface area contributed by atoms with Gasteiger partial charge in [0, 0.05) is 37.1 Å². The maximum Gasteiger partial charge on any atom is 0.416 e. The lowest BCUT2D eigenvalue weighted by atomic mass is 9.82. The molecule has 0 bridgehead atoms. The van der Waals surface area contributed by atoms with Gasteiger partial charge < -0.3 is 15.0 Å². The van der Waals surface area contributed by atoms with Crippen LogP contribution in [0.5, 0.6) is 5.75 Å². The van der Waals surface area contributed by atoms with Crippen molar-refractivity contribution in [2.24, 2.45) is 5.92 Å². The van der Waals surface area contributed by atoms with Crippen molar-refractivity contribution >= 4 is 17.3 Å². The van der Waals surface area contributed by atoms with Crippen LogP contribution in [0.2, 0.25) is 0 Å². The summed E-state index contributed by atoms with van der Waals surface area (Å²) >= 11 is 0. The minimum atomic E-state index is -4.41. The molecule has 35 heavy (non-hydrogen) atoms. The van der Waals surface area contributed by atoms with E-state index in [0.717, 1.165) is 18.8 Å². The van der Waals surface area contributed by atoms with Crippen LogP contribution >= 0.6 is 0 Å². The number of alkyl halides is 3. The van der Waals surface area contributed by atoms with Crippen molar-refractivity contribution in [2.75, 3.05) is 37.0 Å². The Morgan fingerprint density at radius 3 is 2.46 bits per heavy atom. The lowest BCUT2D eigenvalue weighted by Crippen LogP contribution is -2.62. The molecule has 2 aromatic rings. The molecule has 0 radical (unpaired) electrons. The van der Waals surface area contributed by atoms with Gasteiger partial charge in [0.2, 0.25) is 5.91 Å². The average Bonchev–Trinajstić information content (AvgIpc) is 2.88. The van der Waals surface area contributed by atoms with Gasteiger partial charge >= 0.3 is 6.18 Å². The van der Waals surface area contributed by atoms with E-state index in [-0.39, 0.29) is 11.9 Å². The number of nitrogens with zero attached hydrogens (tertiary/aromatic N) is 2. The number of fused-ring (bicyclic) bond motifs is 3. The number of piperazine rings is 1. The molecule has 2 heterocycles. The first-order chi connectivity index (χ1) is 16.8. The molecule has 0 spiro atoms. The Hall–Kier alpha value is -2.74. The number of anilines is 2. The highest BCUT2D eigenvalue weighted by Gasteiger charge is 2.43. The van der Waals surface area contributed by atoms with Gasteiger partial charge in [-0.25, -0.2) is 0 Å². The van der Waals surface area contributed by atoms with Gasteiger partial charge in [-0.2, -0.15) is 13.2 Å². The van der Waals surface area contributed by atoms with Gasteiger partial charge in [-0.15, -0.1) is 0 Å². The third-order valence-electron chi connectivity index (χ3n) is 7.86. The zero-order valence-electron chi connectivity index (χ0n) is 20.0. The van der Waals surface area contributed by atoms with E-state index in [0.29, 0.717) is 36.0 Å². The van der Waals surface area contributed by atoms with Gasteiger partial charge in [0.05, 0.1) is 24.6 Å². The second-order valence-corrected chi connectivity index (χ2v) is 9.92. The highest BCUT2D eigenvalue weighted by Crippen LogP contribution is 2.40. The predicted molar refractivity (Wildman–Crippen MR) is 130 cm³/mol. The molecule has 188 valence electrons. The normalized spacial score (nSPS) is 23.4. The summed E-state index contributed by atoms with van der Waals surface area (Å²) in [5.74, 6) is 0.0917. The lowest BCUT2D eigenvalue weighted by Gasteiger charge is -2.51. The first kappa shape index (κ1) is 24.0. The van der Waals surface area contributed by atoms with E-state index >= 15 is 0 Å². The van der Waals surface area contributed by atoms with Crippen LogP contribution in [0.25, 0.3) is 0 Å². The molecule has 5 rings (SSSR count). The maximum atomic E-state index is 13.5. The van der Waals surface area contributed by atoms with Crippen LogP contribution in [0.1, 0.15) is 43.2 Å². The zero-order valence-corrected chi connectivity index (χ0v) is 20.0. The van der Waals surface area contributed by atoms with Crippen molar-refractivity contribution in [3.05, 3.63) is 53.6 Å². The molecule has 8 heteroatoms. The second-order valence-electron chi connectivity index (χ2n) is 9.92. The Bertz CT molecular complexity index is 1050. The standard InChI is InChI=1S/C27H32F3N3O2/c1-35-22-10-8-20(9-11-22)31-26(34)23-16-18-15-19(27(28,29)30)7-12-24(18)33-14-13-32(17-25(23)33)21-5-3-2-4-6-21/h7-12,15,21,23,25H,2-6,13-14,16-17H2,1H3,(H,31,34)/t23-,25-/m1/s1. The van der Waals surface area contributed by atoms with Crippen molar-refractivity contribution in [2.45, 2.75) is 56.8 Å². The Balaban J connectivity index is 1.43. The number of hydrogen-bond acceptors (Lipinski definition) is 4. The molecule has 1 aliphatic carbocycles. The third-order valence-corrected chi connectivity index (χ3v) is 7.86. The highest BCUT2D eigenvalue weighted by molar-refractivity contribution is 5.94. The van der Waals surface area contributed by atoms with Crippen LogP contribution in [0.15, 0.2) is 42.5 Å². The summed E-state index contributed by atoms with van der Waals surface area (Å²) in [6, 6.07) is 11.6. The predicted octanol–water partition coefficient (Wildman–Crippen LogP) is 5.35. The van der Waals surface area contributed by atoms with Crippen molar-refractivity contribution in [3.8, 4) is 5.75 Å². The van der Waals surface area contributed by atoms with Gasteiger partial charge in [0.25, 0.3) is 0 Å². The molecule has 2 fully saturated rings. The van der Waals surface area contributed by atoms with Crippen LogP contribution in [0.4, 0.5) is 24.5 Å². The van der Waals surface area contributed by atoms with Crippen LogP contribution < -0.4 is 15.0 Å². The molecule has 1 saturated carbocycles. The summed E-state index contributed by atoms with van der Waals surface area (Å²) in [7, 11) is 1.58. The molecule has 1 amide bonds. The van der Waals surface area contributed by atoms with Crippen LogP contribution in [0, 0.1) is 5.92 Å². The monoisotopic (exact) mass is 487 g/mol. The molecule has 5 nitrogen and oxygen atoms in total. The average molecular weight is 488 g/mol. The molecule has 0 unspecified atom stereocenters. The fourth-order valence-electron chi connectivity index (χ4n) is 6.01. The maximum absolute atomic E-state index is 13.5. The zero-order chi connectivity index (χ0) is 24.6. The fourth-order valence-corrected chi connectivity index (χ4v) is 6.01. The molecule has 2 aliphatic heterocycles. The van der Waals surface area contributed by atoms with Gasteiger partial charge in [0.1, 0.15) is 5.75 Å². The highest BCUT2D eigenvalue weighted by atomic mass is 19.4. The van der Waals surface area contributed by atoms with Crippen LogP contribution in [0.3, 0.4) is 0 Å². The van der Waals surface area contributed by atoms with Gasteiger partial charge in [-0.1, -0.05) is 19.3 Å². The van der Waals surface area contributed by atoms with E-state index in [4.69, 9.17) is 4.74 Å². The summed E-state index contributed by atoms with van der Waals surface area (Å²) in [4.78, 5) is 18.2. The van der Waals surface area contributed by atoms with Crippen LogP contribution in [-0.4, -0.2) is 49.6 Å². The molecule has 2 aromatic carbocycles. The Kier molecular flexibility index (Phi) is 6.66. The smallest absolute Gasteiger partial charge is 0.416 e. The number of hydrogen-bond donors (Lipinski definition) is 1. The number of amides is 1. The molecule has 3 aliphatic rings. The Labute approximate surface area is 204 Å². The van der Waals surface area contributed by atoms with Gasteiger partial charge in [-0.3, -0.25) is 9.69 Å². The summed E-state index contributed by atoms with van der Waals surface area (Å²) in [6.45, 7) is 2.34. The molecule has 2 atom stereocenters. The minimum absolute atomic E-state index is 0.0758. The molecule has 1 N–H and O–H groups in total. The summed E-state index contributed by atoms with van der Waals surface area (Å²) < 4.78 is 45.5. The Morgan fingerprint density at radius 2 is 1.77 bits per heavy atom. The number of halogens is 3. The topological polar surface area (TPSA) is 44.8 Å². The number of methoxy groups -OCH3 is 1. The van der Waals surface area contributed by atoms with E-state index in [1.165, 1.54) is 44.2 Å². The van der Waals surface area contributed by atoms with E-state index in [1.54, 1.807) is 37.4 Å². The Morgan fingerprint density at radius 1 is 1.03 bits per heavy atom. The first-order valence-electron chi connectivity index (χ1n) is 12.5. The summed E-state index contributed by atoms with van der Waals surface area (Å²) in [5.41, 5.74) is 1.42. The molecular weight excluding hydrogens is 455 g/mol. The number of ether oxygens (including phenoxy) is 1. The number of benzene rings is 2. The quantitative estimate of drug-likeness (QED) is 0.632. The number of carbonyl (C=O) groups excluding carboxylic acids is 1.